The summed E-state index contributed by atoms with van der Waals surface area (Å²) in [5.41, 5.74) is 3.83. The quantitative estimate of drug-likeness (QED) is 0.760. The normalized spacial score (nSPS) is 20.3. The Bertz CT molecular complexity index is 863. The number of halogens is 1. The van der Waals surface area contributed by atoms with Crippen LogP contribution < -0.4 is 15.1 Å². The first-order valence-corrected chi connectivity index (χ1v) is 10.7. The molecule has 0 bridgehead atoms. The van der Waals surface area contributed by atoms with Gasteiger partial charge >= 0.3 is 0 Å². The van der Waals surface area contributed by atoms with Crippen LogP contribution in [0.15, 0.2) is 46.9 Å². The van der Waals surface area contributed by atoms with Crippen LogP contribution in [0.2, 0.25) is 0 Å². The molecular formula is C22H27BrN4O. The topological polar surface area (TPSA) is 38.8 Å². The lowest BCUT2D eigenvalue weighted by Crippen LogP contribution is -2.44. The van der Waals surface area contributed by atoms with Crippen LogP contribution in [0.4, 0.5) is 17.1 Å². The van der Waals surface area contributed by atoms with Crippen LogP contribution in [0, 0.1) is 0 Å². The Morgan fingerprint density at radius 3 is 2.57 bits per heavy atom. The molecule has 0 aliphatic carbocycles. The van der Waals surface area contributed by atoms with E-state index in [2.05, 4.69) is 51.1 Å². The minimum absolute atomic E-state index is 0.0613. The van der Waals surface area contributed by atoms with Crippen molar-refractivity contribution in [3.05, 3.63) is 52.5 Å². The second-order valence-corrected chi connectivity index (χ2v) is 8.62. The van der Waals surface area contributed by atoms with Gasteiger partial charge in [0.05, 0.1) is 17.1 Å². The molecule has 5 nitrogen and oxygen atoms in total. The fourth-order valence-electron chi connectivity index (χ4n) is 3.91. The largest absolute Gasteiger partial charge is 0.381 e. The zero-order valence-electron chi connectivity index (χ0n) is 16.5. The Labute approximate surface area is 175 Å². The fourth-order valence-corrected chi connectivity index (χ4v) is 4.41. The predicted molar refractivity (Wildman–Crippen MR) is 120 cm³/mol. The molecule has 0 saturated carbocycles. The number of likely N-dealkylation sites (N-methyl/N-ethyl adjacent to an activating group) is 1. The predicted octanol–water partition coefficient (Wildman–Crippen LogP) is 4.05. The van der Waals surface area contributed by atoms with Crippen molar-refractivity contribution in [1.29, 1.82) is 0 Å². The summed E-state index contributed by atoms with van der Waals surface area (Å²) in [7, 11) is 2.15. The maximum Gasteiger partial charge on any atom is 0.258 e. The van der Waals surface area contributed by atoms with Crippen molar-refractivity contribution in [2.75, 3.05) is 54.9 Å². The molecule has 1 atom stereocenters. The summed E-state index contributed by atoms with van der Waals surface area (Å²) in [6.45, 7) is 6.89. The van der Waals surface area contributed by atoms with Crippen LogP contribution in [-0.4, -0.2) is 56.6 Å². The monoisotopic (exact) mass is 442 g/mol. The van der Waals surface area contributed by atoms with Gasteiger partial charge in [-0.2, -0.15) is 0 Å². The number of fused-ring (bicyclic) bond motifs is 1. The third kappa shape index (κ3) is 3.89. The zero-order chi connectivity index (χ0) is 19.7. The number of piperazine rings is 1. The molecule has 1 fully saturated rings. The maximum absolute atomic E-state index is 13.5. The number of amides is 1. The van der Waals surface area contributed by atoms with E-state index in [-0.39, 0.29) is 5.91 Å². The van der Waals surface area contributed by atoms with Gasteiger partial charge in [0.25, 0.3) is 5.91 Å². The second-order valence-electron chi connectivity index (χ2n) is 7.76. The molecule has 28 heavy (non-hydrogen) atoms. The maximum atomic E-state index is 13.5. The highest BCUT2D eigenvalue weighted by Crippen LogP contribution is 2.33. The summed E-state index contributed by atoms with van der Waals surface area (Å²) in [5.74, 6) is 0.0613. The molecule has 2 aromatic carbocycles. The van der Waals surface area contributed by atoms with E-state index in [1.54, 1.807) is 0 Å². The minimum Gasteiger partial charge on any atom is -0.381 e. The van der Waals surface area contributed by atoms with Crippen LogP contribution in [0.25, 0.3) is 0 Å². The first-order valence-electron chi connectivity index (χ1n) is 9.93. The standard InChI is InChI=1S/C22H27BrN4O/c1-16-9-10-27(20-6-4-3-5-19(20)24-16)22(28)17-7-8-18(23)21(15-17)26-13-11-25(2)12-14-26/h3-8,15-16,24H,9-14H2,1-2H3/t16-/m0/s1. The highest BCUT2D eigenvalue weighted by Gasteiger charge is 2.25. The molecule has 1 amide bonds. The number of hydrogen-bond donors (Lipinski definition) is 1. The van der Waals surface area contributed by atoms with Crippen LogP contribution in [0.5, 0.6) is 0 Å². The minimum atomic E-state index is 0.0613. The molecule has 0 spiro atoms. The van der Waals surface area contributed by atoms with Gasteiger partial charge in [-0.25, -0.2) is 0 Å². The smallest absolute Gasteiger partial charge is 0.258 e. The van der Waals surface area contributed by atoms with Gasteiger partial charge in [0.1, 0.15) is 0 Å². The third-order valence-electron chi connectivity index (χ3n) is 5.66. The van der Waals surface area contributed by atoms with Crippen LogP contribution in [-0.2, 0) is 0 Å². The summed E-state index contributed by atoms with van der Waals surface area (Å²) in [4.78, 5) is 20.1. The molecule has 6 heteroatoms. The second kappa shape index (κ2) is 8.13. The van der Waals surface area contributed by atoms with E-state index in [0.29, 0.717) is 12.6 Å². The molecule has 0 aromatic heterocycles. The van der Waals surface area contributed by atoms with Gasteiger partial charge in [-0.05, 0) is 66.7 Å². The van der Waals surface area contributed by atoms with Gasteiger partial charge in [-0.1, -0.05) is 12.1 Å². The molecule has 2 aliphatic rings. The van der Waals surface area contributed by atoms with Gasteiger partial charge in [-0.3, -0.25) is 4.79 Å². The van der Waals surface area contributed by atoms with Gasteiger partial charge in [0.15, 0.2) is 0 Å². The Morgan fingerprint density at radius 1 is 1.04 bits per heavy atom. The molecule has 1 saturated heterocycles. The third-order valence-corrected chi connectivity index (χ3v) is 6.34. The molecule has 2 heterocycles. The Morgan fingerprint density at radius 2 is 1.79 bits per heavy atom. The molecule has 4 rings (SSSR count). The van der Waals surface area contributed by atoms with E-state index < -0.39 is 0 Å². The number of carbonyl (C=O) groups excluding carboxylic acids is 1. The summed E-state index contributed by atoms with van der Waals surface area (Å²) in [6.07, 6.45) is 0.919. The van der Waals surface area contributed by atoms with E-state index in [0.717, 1.165) is 59.7 Å². The average Bonchev–Trinajstić information content (AvgIpc) is 2.87. The number of carbonyl (C=O) groups is 1. The van der Waals surface area contributed by atoms with Crippen molar-refractivity contribution in [2.24, 2.45) is 0 Å². The van der Waals surface area contributed by atoms with E-state index in [4.69, 9.17) is 0 Å². The van der Waals surface area contributed by atoms with E-state index in [9.17, 15) is 4.79 Å². The van der Waals surface area contributed by atoms with Gasteiger partial charge in [0, 0.05) is 48.8 Å². The van der Waals surface area contributed by atoms with Crippen LogP contribution in [0.3, 0.4) is 0 Å². The Balaban J connectivity index is 1.64. The lowest BCUT2D eigenvalue weighted by atomic mass is 10.1. The average molecular weight is 443 g/mol. The molecule has 2 aromatic rings. The zero-order valence-corrected chi connectivity index (χ0v) is 18.1. The van der Waals surface area contributed by atoms with Crippen molar-refractivity contribution in [3.63, 3.8) is 0 Å². The lowest BCUT2D eigenvalue weighted by Gasteiger charge is -2.35. The number of anilines is 3. The highest BCUT2D eigenvalue weighted by molar-refractivity contribution is 9.10. The first-order chi connectivity index (χ1) is 13.5. The van der Waals surface area contributed by atoms with Crippen molar-refractivity contribution < 1.29 is 4.79 Å². The van der Waals surface area contributed by atoms with Gasteiger partial charge in [0.2, 0.25) is 0 Å². The Hall–Kier alpha value is -2.05. The molecule has 1 N–H and O–H groups in total. The number of nitrogens with zero attached hydrogens (tertiary/aromatic N) is 3. The van der Waals surface area contributed by atoms with Gasteiger partial charge in [-0.15, -0.1) is 0 Å². The molecule has 0 radical (unpaired) electrons. The van der Waals surface area contributed by atoms with Crippen LogP contribution >= 0.6 is 15.9 Å². The van der Waals surface area contributed by atoms with E-state index >= 15 is 0 Å². The van der Waals surface area contributed by atoms with E-state index in [1.165, 1.54) is 0 Å². The fraction of sp³-hybridized carbons (Fsp3) is 0.409. The summed E-state index contributed by atoms with van der Waals surface area (Å²) in [6, 6.07) is 14.4. The summed E-state index contributed by atoms with van der Waals surface area (Å²) < 4.78 is 1.04. The number of hydrogen-bond acceptors (Lipinski definition) is 4. The number of para-hydroxylation sites is 2. The van der Waals surface area contributed by atoms with E-state index in [1.807, 2.05) is 41.3 Å². The summed E-state index contributed by atoms with van der Waals surface area (Å²) >= 11 is 3.68. The molecular weight excluding hydrogens is 416 g/mol. The number of nitrogens with one attached hydrogen (secondary N) is 1. The molecule has 2 aliphatic heterocycles. The Kier molecular flexibility index (Phi) is 5.60. The van der Waals surface area contributed by atoms with Crippen LogP contribution in [0.1, 0.15) is 23.7 Å². The molecule has 148 valence electrons. The number of benzene rings is 2. The van der Waals surface area contributed by atoms with Crippen molar-refractivity contribution in [1.82, 2.24) is 4.90 Å². The van der Waals surface area contributed by atoms with Gasteiger partial charge < -0.3 is 20.0 Å². The first kappa shape index (κ1) is 19.3. The SMILES string of the molecule is C[C@H]1CCN(C(=O)c2ccc(Br)c(N3CCN(C)CC3)c2)c2ccccc2N1. The lowest BCUT2D eigenvalue weighted by molar-refractivity contribution is 0.0987. The molecule has 0 unspecified atom stereocenters. The van der Waals surface area contributed by atoms with Crippen molar-refractivity contribution >= 4 is 38.9 Å². The highest BCUT2D eigenvalue weighted by atomic mass is 79.9. The van der Waals surface area contributed by atoms with Crippen molar-refractivity contribution in [3.8, 4) is 0 Å². The van der Waals surface area contributed by atoms with Crippen molar-refractivity contribution in [2.45, 2.75) is 19.4 Å². The summed E-state index contributed by atoms with van der Waals surface area (Å²) in [5, 5.41) is 3.52. The number of rotatable bonds is 2.